The molecule has 0 spiro atoms. The second kappa shape index (κ2) is 3.55. The zero-order chi connectivity index (χ0) is 10.8. The van der Waals surface area contributed by atoms with Crippen LogP contribution in [0.1, 0.15) is 0 Å². The number of nitriles is 1. The Labute approximate surface area is 86.8 Å². The normalized spacial score (nSPS) is 10.1. The van der Waals surface area contributed by atoms with E-state index in [4.69, 9.17) is 5.26 Å². The molecule has 0 unspecified atom stereocenters. The van der Waals surface area contributed by atoms with Crippen molar-refractivity contribution in [2.45, 2.75) is 4.90 Å². The molecule has 0 atom stereocenters. The lowest BCUT2D eigenvalue weighted by Crippen LogP contribution is -1.89. The fourth-order valence-corrected chi connectivity index (χ4v) is 1.57. The summed E-state index contributed by atoms with van der Waals surface area (Å²) in [5, 5.41) is 27.9. The van der Waals surface area contributed by atoms with Crippen molar-refractivity contribution >= 4 is 28.5 Å². The van der Waals surface area contributed by atoms with Crippen LogP contribution in [0.5, 0.6) is 0 Å². The summed E-state index contributed by atoms with van der Waals surface area (Å²) in [5.74, 6) is 0. The number of nitrogens with zero attached hydrogens (tertiary/aromatic N) is 4. The second-order valence-corrected chi connectivity index (χ2v) is 3.32. The number of non-ortho nitro benzene ring substituents is 1. The molecule has 0 aliphatic heterocycles. The zero-order valence-corrected chi connectivity index (χ0v) is 7.89. The first-order chi connectivity index (χ1) is 7.24. The van der Waals surface area contributed by atoms with Crippen LogP contribution in [-0.4, -0.2) is 15.2 Å². The number of thioether (sulfide) groups is 1. The maximum atomic E-state index is 10.6. The van der Waals surface area contributed by atoms with Crippen LogP contribution in [-0.2, 0) is 0 Å². The van der Waals surface area contributed by atoms with Gasteiger partial charge in [0, 0.05) is 6.07 Å². The van der Waals surface area contributed by atoms with E-state index in [0.717, 1.165) is 11.8 Å². The van der Waals surface area contributed by atoms with Crippen molar-refractivity contribution in [3.05, 3.63) is 22.2 Å². The first-order valence-electron chi connectivity index (χ1n) is 3.69. The van der Waals surface area contributed by atoms with Gasteiger partial charge >= 0.3 is 5.69 Å². The largest absolute Gasteiger partial charge is 0.300 e. The van der Waals surface area contributed by atoms with Gasteiger partial charge in [-0.1, -0.05) is 0 Å². The Kier molecular flexibility index (Phi) is 2.23. The van der Waals surface area contributed by atoms with Gasteiger partial charge in [-0.3, -0.25) is 10.1 Å². The summed E-state index contributed by atoms with van der Waals surface area (Å²) < 4.78 is 4.42. The summed E-state index contributed by atoms with van der Waals surface area (Å²) in [6, 6.07) is 2.71. The first kappa shape index (κ1) is 9.42. The molecule has 74 valence electrons. The van der Waals surface area contributed by atoms with Gasteiger partial charge < -0.3 is 0 Å². The number of nitro benzene ring substituents is 1. The smallest absolute Gasteiger partial charge is 0.258 e. The lowest BCUT2D eigenvalue weighted by atomic mass is 10.3. The van der Waals surface area contributed by atoms with E-state index in [0.29, 0.717) is 4.90 Å². The van der Waals surface area contributed by atoms with Gasteiger partial charge in [0.25, 0.3) is 0 Å². The molecule has 1 aromatic carbocycles. The Hall–Kier alpha value is -2.14. The van der Waals surface area contributed by atoms with E-state index in [1.54, 1.807) is 0 Å². The van der Waals surface area contributed by atoms with Gasteiger partial charge in [-0.05, 0) is 28.1 Å². The Morgan fingerprint density at radius 2 is 2.20 bits per heavy atom. The molecular weight excluding hydrogens is 220 g/mol. The van der Waals surface area contributed by atoms with Crippen LogP contribution in [0.25, 0.3) is 11.0 Å². The van der Waals surface area contributed by atoms with Crippen molar-refractivity contribution in [3.63, 3.8) is 0 Å². The molecule has 7 nitrogen and oxygen atoms in total. The average molecular weight is 222 g/mol. The minimum atomic E-state index is -0.576. The van der Waals surface area contributed by atoms with E-state index >= 15 is 0 Å². The molecule has 2 aromatic rings. The van der Waals surface area contributed by atoms with E-state index in [1.807, 2.05) is 5.40 Å². The van der Waals surface area contributed by atoms with Gasteiger partial charge in [-0.2, -0.15) is 5.26 Å². The van der Waals surface area contributed by atoms with Crippen LogP contribution in [0.2, 0.25) is 0 Å². The van der Waals surface area contributed by atoms with Crippen molar-refractivity contribution in [2.75, 3.05) is 0 Å². The van der Waals surface area contributed by atoms with E-state index in [-0.39, 0.29) is 16.7 Å². The minimum absolute atomic E-state index is 0.0558. The van der Waals surface area contributed by atoms with Crippen molar-refractivity contribution in [2.24, 2.45) is 0 Å². The molecule has 0 bridgehead atoms. The highest BCUT2D eigenvalue weighted by molar-refractivity contribution is 8.04. The number of benzene rings is 1. The van der Waals surface area contributed by atoms with Crippen molar-refractivity contribution in [3.8, 4) is 5.40 Å². The van der Waals surface area contributed by atoms with Gasteiger partial charge in [0.2, 0.25) is 5.52 Å². The molecule has 0 amide bonds. The molecule has 15 heavy (non-hydrogen) atoms. The molecule has 1 heterocycles. The fourth-order valence-electron chi connectivity index (χ4n) is 1.11. The molecule has 0 fully saturated rings. The van der Waals surface area contributed by atoms with Gasteiger partial charge in [0.05, 0.1) is 9.82 Å². The maximum absolute atomic E-state index is 10.6. The molecule has 8 heteroatoms. The van der Waals surface area contributed by atoms with Crippen molar-refractivity contribution < 1.29 is 9.55 Å². The SMILES string of the molecule is N#CSc1ccc([N+](=O)[O-])c2nonc12. The monoisotopic (exact) mass is 222 g/mol. The summed E-state index contributed by atoms with van der Waals surface area (Å²) in [4.78, 5) is 10.5. The number of nitro groups is 1. The van der Waals surface area contributed by atoms with Crippen LogP contribution in [0.15, 0.2) is 21.7 Å². The lowest BCUT2D eigenvalue weighted by molar-refractivity contribution is -0.383. The van der Waals surface area contributed by atoms with E-state index in [9.17, 15) is 10.1 Å². The number of fused-ring (bicyclic) bond motifs is 1. The Morgan fingerprint density at radius 3 is 2.87 bits per heavy atom. The van der Waals surface area contributed by atoms with E-state index in [2.05, 4.69) is 14.9 Å². The second-order valence-electron chi connectivity index (χ2n) is 2.49. The molecule has 0 aliphatic rings. The van der Waals surface area contributed by atoms with E-state index < -0.39 is 4.92 Å². The average Bonchev–Trinajstić information content (AvgIpc) is 2.66. The number of hydrogen-bond acceptors (Lipinski definition) is 7. The highest BCUT2D eigenvalue weighted by atomic mass is 32.2. The molecule has 0 saturated carbocycles. The predicted octanol–water partition coefficient (Wildman–Crippen LogP) is 1.70. The molecule has 1 aromatic heterocycles. The highest BCUT2D eigenvalue weighted by Crippen LogP contribution is 2.30. The summed E-state index contributed by atoms with van der Waals surface area (Å²) in [7, 11) is 0. The summed E-state index contributed by atoms with van der Waals surface area (Å²) >= 11 is 0.850. The third-order valence-electron chi connectivity index (χ3n) is 1.71. The Morgan fingerprint density at radius 1 is 1.47 bits per heavy atom. The van der Waals surface area contributed by atoms with E-state index in [1.165, 1.54) is 12.1 Å². The highest BCUT2D eigenvalue weighted by Gasteiger charge is 2.19. The van der Waals surface area contributed by atoms with Crippen LogP contribution in [0, 0.1) is 20.8 Å². The number of rotatable bonds is 2. The fraction of sp³-hybridized carbons (Fsp3) is 0. The van der Waals surface area contributed by atoms with Gasteiger partial charge in [-0.25, -0.2) is 4.63 Å². The van der Waals surface area contributed by atoms with Crippen molar-refractivity contribution in [1.82, 2.24) is 10.3 Å². The van der Waals surface area contributed by atoms with Gasteiger partial charge in [0.1, 0.15) is 5.40 Å². The van der Waals surface area contributed by atoms with Crippen LogP contribution < -0.4 is 0 Å². The summed E-state index contributed by atoms with van der Waals surface area (Å²) in [6.07, 6.45) is 0. The van der Waals surface area contributed by atoms with Crippen LogP contribution in [0.3, 0.4) is 0 Å². The topological polar surface area (TPSA) is 106 Å². The first-order valence-corrected chi connectivity index (χ1v) is 4.51. The van der Waals surface area contributed by atoms with Crippen LogP contribution in [0.4, 0.5) is 5.69 Å². The summed E-state index contributed by atoms with van der Waals surface area (Å²) in [5.41, 5.74) is 0.101. The lowest BCUT2D eigenvalue weighted by Gasteiger charge is -1.93. The Balaban J connectivity index is 2.72. The van der Waals surface area contributed by atoms with Crippen LogP contribution >= 0.6 is 11.8 Å². The third kappa shape index (κ3) is 1.49. The maximum Gasteiger partial charge on any atom is 0.300 e. The summed E-state index contributed by atoms with van der Waals surface area (Å²) in [6.45, 7) is 0. The Bertz CT molecular complexity index is 573. The molecule has 2 rings (SSSR count). The van der Waals surface area contributed by atoms with Gasteiger partial charge in [-0.15, -0.1) is 0 Å². The standard InChI is InChI=1S/C7H2N4O3S/c8-3-15-5-2-1-4(11(12)13)6-7(5)10-14-9-6/h1-2H. The third-order valence-corrected chi connectivity index (χ3v) is 2.35. The molecule has 0 saturated heterocycles. The van der Waals surface area contributed by atoms with Crippen molar-refractivity contribution in [1.29, 1.82) is 5.26 Å². The molecular formula is C7H2N4O3S. The number of aromatic nitrogens is 2. The molecule has 0 aliphatic carbocycles. The van der Waals surface area contributed by atoms with Gasteiger partial charge in [0.15, 0.2) is 5.52 Å². The quantitative estimate of drug-likeness (QED) is 0.329. The zero-order valence-electron chi connectivity index (χ0n) is 7.08. The number of hydrogen-bond donors (Lipinski definition) is 0. The molecule has 0 radical (unpaired) electrons. The minimum Gasteiger partial charge on any atom is -0.258 e. The number of thiocyanates is 1. The predicted molar refractivity (Wildman–Crippen MR) is 49.9 cm³/mol. The molecule has 0 N–H and O–H groups in total.